The first kappa shape index (κ1) is 21.5. The van der Waals surface area contributed by atoms with Crippen LogP contribution in [0.15, 0.2) is 36.5 Å². The molecule has 0 aliphatic carbocycles. The molecule has 7 nitrogen and oxygen atoms in total. The Morgan fingerprint density at radius 2 is 1.94 bits per heavy atom. The highest BCUT2D eigenvalue weighted by Gasteiger charge is 2.22. The average molecular weight is 449 g/mol. The first-order valence-electron chi connectivity index (χ1n) is 9.98. The summed E-state index contributed by atoms with van der Waals surface area (Å²) in [6.07, 6.45) is 3.67. The summed E-state index contributed by atoms with van der Waals surface area (Å²) in [5.74, 6) is 0.694. The van der Waals surface area contributed by atoms with E-state index in [9.17, 15) is 8.78 Å². The second kappa shape index (κ2) is 9.15. The van der Waals surface area contributed by atoms with Gasteiger partial charge in [-0.2, -0.15) is 13.9 Å². The van der Waals surface area contributed by atoms with Crippen molar-refractivity contribution in [2.75, 3.05) is 25.9 Å². The highest BCUT2D eigenvalue weighted by molar-refractivity contribution is 6.29. The van der Waals surface area contributed by atoms with Gasteiger partial charge in [-0.25, -0.2) is 14.6 Å². The van der Waals surface area contributed by atoms with Crippen LogP contribution in [0.25, 0.3) is 11.4 Å². The molecule has 31 heavy (non-hydrogen) atoms. The van der Waals surface area contributed by atoms with Crippen LogP contribution >= 0.6 is 11.6 Å². The molecule has 0 unspecified atom stereocenters. The van der Waals surface area contributed by atoms with Crippen molar-refractivity contribution in [2.45, 2.75) is 31.9 Å². The summed E-state index contributed by atoms with van der Waals surface area (Å²) < 4.78 is 33.6. The number of alkyl halides is 2. The molecule has 4 rings (SSSR count). The van der Waals surface area contributed by atoms with Crippen LogP contribution in [0, 0.1) is 0 Å². The molecule has 0 spiro atoms. The van der Waals surface area contributed by atoms with E-state index in [2.05, 4.69) is 27.0 Å². The predicted octanol–water partition coefficient (Wildman–Crippen LogP) is 4.03. The molecular formula is C21H23ClF2N6O. The number of anilines is 1. The third kappa shape index (κ3) is 5.11. The number of rotatable bonds is 6. The van der Waals surface area contributed by atoms with Gasteiger partial charge in [0.05, 0.1) is 5.69 Å². The topological polar surface area (TPSA) is 82.1 Å². The number of nitrogens with zero attached hydrogens (tertiary/aromatic N) is 5. The summed E-state index contributed by atoms with van der Waals surface area (Å²) in [4.78, 5) is 10.2. The van der Waals surface area contributed by atoms with Gasteiger partial charge in [-0.15, -0.1) is 0 Å². The van der Waals surface area contributed by atoms with Crippen molar-refractivity contribution in [3.05, 3.63) is 52.8 Å². The van der Waals surface area contributed by atoms with Crippen molar-refractivity contribution < 1.29 is 13.5 Å². The first-order valence-corrected chi connectivity index (χ1v) is 10.4. The SMILES string of the molecule is CN1CCC(Oc2ccccc2Cc2cn(C(F)F)nc2-c2cc(Cl)nc(N)n2)CC1. The van der Waals surface area contributed by atoms with Crippen LogP contribution in [0.1, 0.15) is 30.5 Å². The zero-order valence-corrected chi connectivity index (χ0v) is 17.8. The lowest BCUT2D eigenvalue weighted by Gasteiger charge is -2.30. The van der Waals surface area contributed by atoms with Gasteiger partial charge in [0.2, 0.25) is 5.95 Å². The lowest BCUT2D eigenvalue weighted by atomic mass is 10.0. The molecule has 164 valence electrons. The number of piperidine rings is 1. The number of hydrogen-bond donors (Lipinski definition) is 1. The Labute approximate surface area is 183 Å². The minimum Gasteiger partial charge on any atom is -0.490 e. The van der Waals surface area contributed by atoms with Crippen LogP contribution in [0.2, 0.25) is 5.15 Å². The van der Waals surface area contributed by atoms with E-state index in [1.165, 1.54) is 12.3 Å². The van der Waals surface area contributed by atoms with Crippen LogP contribution in [-0.4, -0.2) is 50.9 Å². The van der Waals surface area contributed by atoms with E-state index < -0.39 is 6.55 Å². The molecule has 3 heterocycles. The maximum absolute atomic E-state index is 13.4. The maximum Gasteiger partial charge on any atom is 0.333 e. The Morgan fingerprint density at radius 1 is 1.19 bits per heavy atom. The lowest BCUT2D eigenvalue weighted by molar-refractivity contribution is 0.0567. The van der Waals surface area contributed by atoms with E-state index in [0.717, 1.165) is 37.2 Å². The first-order chi connectivity index (χ1) is 14.9. The molecule has 1 aliphatic heterocycles. The fourth-order valence-electron chi connectivity index (χ4n) is 3.68. The average Bonchev–Trinajstić information content (AvgIpc) is 3.15. The predicted molar refractivity (Wildman–Crippen MR) is 114 cm³/mol. The van der Waals surface area contributed by atoms with Gasteiger partial charge in [0.25, 0.3) is 0 Å². The largest absolute Gasteiger partial charge is 0.490 e. The van der Waals surface area contributed by atoms with Gasteiger partial charge in [-0.3, -0.25) is 0 Å². The summed E-state index contributed by atoms with van der Waals surface area (Å²) in [5.41, 5.74) is 7.71. The minimum atomic E-state index is -2.78. The molecule has 1 fully saturated rings. The van der Waals surface area contributed by atoms with Crippen molar-refractivity contribution in [3.63, 3.8) is 0 Å². The zero-order valence-electron chi connectivity index (χ0n) is 17.0. The molecule has 10 heteroatoms. The molecule has 2 aromatic heterocycles. The quantitative estimate of drug-likeness (QED) is 0.573. The van der Waals surface area contributed by atoms with Crippen LogP contribution in [0.5, 0.6) is 5.75 Å². The van der Waals surface area contributed by atoms with E-state index in [0.29, 0.717) is 22.4 Å². The molecule has 0 amide bonds. The van der Waals surface area contributed by atoms with E-state index in [4.69, 9.17) is 22.1 Å². The fourth-order valence-corrected chi connectivity index (χ4v) is 3.87. The van der Waals surface area contributed by atoms with Gasteiger partial charge in [0.15, 0.2) is 0 Å². The van der Waals surface area contributed by atoms with Crippen molar-refractivity contribution >= 4 is 17.5 Å². The van der Waals surface area contributed by atoms with Crippen molar-refractivity contribution in [2.24, 2.45) is 0 Å². The number of likely N-dealkylation sites (tertiary alicyclic amines) is 1. The Kier molecular flexibility index (Phi) is 6.33. The van der Waals surface area contributed by atoms with Gasteiger partial charge in [0.1, 0.15) is 22.7 Å². The Bertz CT molecular complexity index is 1030. The number of ether oxygens (including phenoxy) is 1. The number of halogens is 3. The fraction of sp³-hybridized carbons (Fsp3) is 0.381. The van der Waals surface area contributed by atoms with E-state index in [-0.39, 0.29) is 22.9 Å². The summed E-state index contributed by atoms with van der Waals surface area (Å²) in [7, 11) is 2.10. The number of para-hydroxylation sites is 1. The molecule has 3 aromatic rings. The van der Waals surface area contributed by atoms with Crippen LogP contribution in [0.3, 0.4) is 0 Å². The van der Waals surface area contributed by atoms with E-state index in [1.54, 1.807) is 0 Å². The Morgan fingerprint density at radius 3 is 2.65 bits per heavy atom. The zero-order chi connectivity index (χ0) is 22.0. The minimum absolute atomic E-state index is 0.0500. The third-order valence-corrected chi connectivity index (χ3v) is 5.47. The maximum atomic E-state index is 13.4. The summed E-state index contributed by atoms with van der Waals surface area (Å²) >= 11 is 5.99. The highest BCUT2D eigenvalue weighted by Crippen LogP contribution is 2.30. The highest BCUT2D eigenvalue weighted by atomic mass is 35.5. The normalized spacial score (nSPS) is 15.5. The Balaban J connectivity index is 1.65. The van der Waals surface area contributed by atoms with Gasteiger partial charge >= 0.3 is 6.55 Å². The van der Waals surface area contributed by atoms with Crippen LogP contribution < -0.4 is 10.5 Å². The van der Waals surface area contributed by atoms with Gasteiger partial charge < -0.3 is 15.4 Å². The van der Waals surface area contributed by atoms with Crippen LogP contribution in [-0.2, 0) is 6.42 Å². The molecule has 2 N–H and O–H groups in total. The summed E-state index contributed by atoms with van der Waals surface area (Å²) in [6, 6.07) is 9.09. The Hall–Kier alpha value is -2.78. The van der Waals surface area contributed by atoms with Crippen molar-refractivity contribution in [1.29, 1.82) is 0 Å². The van der Waals surface area contributed by atoms with Gasteiger partial charge in [0, 0.05) is 37.3 Å². The number of aromatic nitrogens is 4. The molecule has 1 aliphatic rings. The molecule has 0 bridgehead atoms. The number of nitrogens with two attached hydrogens (primary N) is 1. The molecule has 1 saturated heterocycles. The smallest absolute Gasteiger partial charge is 0.333 e. The van der Waals surface area contributed by atoms with Crippen molar-refractivity contribution in [1.82, 2.24) is 24.6 Å². The molecule has 0 radical (unpaired) electrons. The van der Waals surface area contributed by atoms with E-state index >= 15 is 0 Å². The van der Waals surface area contributed by atoms with Crippen molar-refractivity contribution in [3.8, 4) is 17.1 Å². The standard InChI is InChI=1S/C21H23ClF2N6O/c1-29-8-6-15(7-9-29)31-17-5-3-2-4-13(17)10-14-12-30(20(23)24)28-19(14)16-11-18(22)27-21(25)26-16/h2-5,11-12,15,20H,6-10H2,1H3,(H2,25,26,27). The lowest BCUT2D eigenvalue weighted by Crippen LogP contribution is -2.35. The monoisotopic (exact) mass is 448 g/mol. The molecular weight excluding hydrogens is 426 g/mol. The van der Waals surface area contributed by atoms with Gasteiger partial charge in [-0.1, -0.05) is 29.8 Å². The number of nitrogen functional groups attached to an aromatic ring is 1. The number of hydrogen-bond acceptors (Lipinski definition) is 6. The van der Waals surface area contributed by atoms with Crippen LogP contribution in [0.4, 0.5) is 14.7 Å². The van der Waals surface area contributed by atoms with Gasteiger partial charge in [-0.05, 0) is 31.5 Å². The second-order valence-electron chi connectivity index (χ2n) is 7.60. The molecule has 1 aromatic carbocycles. The summed E-state index contributed by atoms with van der Waals surface area (Å²) in [6.45, 7) is -0.824. The van der Waals surface area contributed by atoms with E-state index in [1.807, 2.05) is 24.3 Å². The molecule has 0 atom stereocenters. The molecule has 0 saturated carbocycles. The summed E-state index contributed by atoms with van der Waals surface area (Å²) in [5, 5.41) is 4.14. The second-order valence-corrected chi connectivity index (χ2v) is 7.99. The third-order valence-electron chi connectivity index (χ3n) is 5.28. The number of benzene rings is 1.